The zero-order chi connectivity index (χ0) is 15.4. The molecular weight excluding hydrogens is 296 g/mol. The Labute approximate surface area is 132 Å². The Bertz CT molecular complexity index is 786. The van der Waals surface area contributed by atoms with Crippen molar-refractivity contribution in [3.63, 3.8) is 0 Å². The van der Waals surface area contributed by atoms with Crippen LogP contribution in [-0.4, -0.2) is 27.3 Å². The molecule has 0 bridgehead atoms. The molecule has 0 fully saturated rings. The molecule has 0 spiro atoms. The van der Waals surface area contributed by atoms with E-state index in [2.05, 4.69) is 20.5 Å². The molecule has 6 heteroatoms. The number of H-pyrrole nitrogens is 1. The van der Waals surface area contributed by atoms with E-state index in [9.17, 15) is 4.79 Å². The van der Waals surface area contributed by atoms with Crippen molar-refractivity contribution in [3.05, 3.63) is 60.6 Å². The highest BCUT2D eigenvalue weighted by Crippen LogP contribution is 2.20. The molecular formula is C16H14N4OS. The number of carbonyl (C=O) groups is 1. The van der Waals surface area contributed by atoms with Gasteiger partial charge in [0.1, 0.15) is 5.69 Å². The first-order valence-electron chi connectivity index (χ1n) is 6.67. The second-order valence-electron chi connectivity index (χ2n) is 4.59. The normalized spacial score (nSPS) is 10.4. The highest BCUT2D eigenvalue weighted by Gasteiger charge is 2.11. The first-order valence-corrected chi connectivity index (χ1v) is 7.90. The number of benzene rings is 1. The van der Waals surface area contributed by atoms with Crippen LogP contribution < -0.4 is 5.32 Å². The van der Waals surface area contributed by atoms with E-state index in [-0.39, 0.29) is 5.91 Å². The van der Waals surface area contributed by atoms with Crippen LogP contribution in [0.5, 0.6) is 0 Å². The zero-order valence-electron chi connectivity index (χ0n) is 11.9. The van der Waals surface area contributed by atoms with E-state index in [1.807, 2.05) is 42.7 Å². The summed E-state index contributed by atoms with van der Waals surface area (Å²) in [5.41, 5.74) is 2.80. The Morgan fingerprint density at radius 3 is 2.77 bits per heavy atom. The van der Waals surface area contributed by atoms with Crippen LogP contribution in [0.1, 0.15) is 10.5 Å². The van der Waals surface area contributed by atoms with Crippen molar-refractivity contribution in [2.75, 3.05) is 11.6 Å². The van der Waals surface area contributed by atoms with E-state index >= 15 is 0 Å². The van der Waals surface area contributed by atoms with Gasteiger partial charge in [-0.3, -0.25) is 14.9 Å². The number of hydrogen-bond acceptors (Lipinski definition) is 4. The number of aromatic nitrogens is 3. The molecule has 0 aliphatic heterocycles. The lowest BCUT2D eigenvalue weighted by atomic mass is 10.2. The molecule has 22 heavy (non-hydrogen) atoms. The molecule has 0 saturated carbocycles. The first-order chi connectivity index (χ1) is 10.8. The van der Waals surface area contributed by atoms with E-state index in [0.29, 0.717) is 11.4 Å². The lowest BCUT2D eigenvalue weighted by Gasteiger charge is -2.04. The van der Waals surface area contributed by atoms with Crippen molar-refractivity contribution >= 4 is 23.4 Å². The fourth-order valence-electron chi connectivity index (χ4n) is 2.01. The van der Waals surface area contributed by atoms with Gasteiger partial charge >= 0.3 is 0 Å². The van der Waals surface area contributed by atoms with Gasteiger partial charge in [0.25, 0.3) is 5.91 Å². The zero-order valence-corrected chi connectivity index (χ0v) is 12.7. The van der Waals surface area contributed by atoms with Gasteiger partial charge in [-0.15, -0.1) is 11.8 Å². The lowest BCUT2D eigenvalue weighted by Crippen LogP contribution is -2.12. The van der Waals surface area contributed by atoms with E-state index in [4.69, 9.17) is 0 Å². The van der Waals surface area contributed by atoms with E-state index < -0.39 is 0 Å². The molecule has 0 saturated heterocycles. The number of pyridine rings is 1. The Balaban J connectivity index is 1.77. The smallest absolute Gasteiger partial charge is 0.273 e. The van der Waals surface area contributed by atoms with Crippen LogP contribution >= 0.6 is 11.8 Å². The Morgan fingerprint density at radius 1 is 1.18 bits per heavy atom. The number of nitrogens with one attached hydrogen (secondary N) is 2. The third kappa shape index (κ3) is 3.17. The molecule has 1 aromatic carbocycles. The number of carbonyl (C=O) groups excluding carboxylic acids is 1. The summed E-state index contributed by atoms with van der Waals surface area (Å²) in [4.78, 5) is 17.3. The van der Waals surface area contributed by atoms with E-state index in [1.54, 1.807) is 30.2 Å². The summed E-state index contributed by atoms with van der Waals surface area (Å²) in [7, 11) is 0. The van der Waals surface area contributed by atoms with Gasteiger partial charge in [-0.05, 0) is 42.7 Å². The summed E-state index contributed by atoms with van der Waals surface area (Å²) >= 11 is 1.63. The van der Waals surface area contributed by atoms with Crippen LogP contribution in [0.2, 0.25) is 0 Å². The highest BCUT2D eigenvalue weighted by molar-refractivity contribution is 7.98. The molecule has 0 unspecified atom stereocenters. The van der Waals surface area contributed by atoms with Crippen molar-refractivity contribution in [3.8, 4) is 11.3 Å². The highest BCUT2D eigenvalue weighted by atomic mass is 32.2. The third-order valence-electron chi connectivity index (χ3n) is 3.13. The lowest BCUT2D eigenvalue weighted by molar-refractivity contribution is 0.102. The molecule has 110 valence electrons. The van der Waals surface area contributed by atoms with Gasteiger partial charge in [0.2, 0.25) is 0 Å². The summed E-state index contributed by atoms with van der Waals surface area (Å²) in [6.07, 6.45) is 5.38. The SMILES string of the molecule is CSc1cccc(NC(=O)c2cc(-c3ccncc3)n[nH]2)c1. The number of amides is 1. The summed E-state index contributed by atoms with van der Waals surface area (Å²) < 4.78 is 0. The number of aromatic amines is 1. The van der Waals surface area contributed by atoms with Crippen LogP contribution in [0, 0.1) is 0 Å². The monoisotopic (exact) mass is 310 g/mol. The number of thioether (sulfide) groups is 1. The maximum atomic E-state index is 12.3. The Hall–Kier alpha value is -2.60. The van der Waals surface area contributed by atoms with E-state index in [1.165, 1.54) is 0 Å². The number of rotatable bonds is 4. The summed E-state index contributed by atoms with van der Waals surface area (Å²) in [5, 5.41) is 9.79. The molecule has 0 aliphatic carbocycles. The predicted molar refractivity (Wildman–Crippen MR) is 88.0 cm³/mol. The summed E-state index contributed by atoms with van der Waals surface area (Å²) in [6.45, 7) is 0. The summed E-state index contributed by atoms with van der Waals surface area (Å²) in [5.74, 6) is -0.217. The fraction of sp³-hybridized carbons (Fsp3) is 0.0625. The molecule has 3 aromatic rings. The van der Waals surface area contributed by atoms with Crippen LogP contribution in [-0.2, 0) is 0 Å². The van der Waals surface area contributed by atoms with Crippen molar-refractivity contribution in [1.29, 1.82) is 0 Å². The largest absolute Gasteiger partial charge is 0.321 e. The molecule has 5 nitrogen and oxygen atoms in total. The molecule has 2 heterocycles. The van der Waals surface area contributed by atoms with E-state index in [0.717, 1.165) is 16.1 Å². The summed E-state index contributed by atoms with van der Waals surface area (Å²) in [6, 6.07) is 13.1. The van der Waals surface area contributed by atoms with Gasteiger partial charge in [0.15, 0.2) is 0 Å². The van der Waals surface area contributed by atoms with Crippen molar-refractivity contribution in [2.24, 2.45) is 0 Å². The minimum Gasteiger partial charge on any atom is -0.321 e. The molecule has 2 N–H and O–H groups in total. The second-order valence-corrected chi connectivity index (χ2v) is 5.47. The van der Waals surface area contributed by atoms with Crippen molar-refractivity contribution < 1.29 is 4.79 Å². The van der Waals surface area contributed by atoms with Gasteiger partial charge in [0.05, 0.1) is 5.69 Å². The molecule has 0 atom stereocenters. The van der Waals surface area contributed by atoms with Gasteiger partial charge in [-0.2, -0.15) is 5.10 Å². The van der Waals surface area contributed by atoms with Crippen LogP contribution in [0.3, 0.4) is 0 Å². The maximum absolute atomic E-state index is 12.3. The minimum absolute atomic E-state index is 0.217. The fourth-order valence-corrected chi connectivity index (χ4v) is 2.47. The standard InChI is InChI=1S/C16H14N4OS/c1-22-13-4-2-3-12(9-13)18-16(21)15-10-14(19-20-15)11-5-7-17-8-6-11/h2-10H,1H3,(H,18,21)(H,19,20). The molecule has 2 aromatic heterocycles. The Morgan fingerprint density at radius 2 is 2.00 bits per heavy atom. The van der Waals surface area contributed by atoms with Gasteiger partial charge in [-0.1, -0.05) is 6.07 Å². The number of nitrogens with zero attached hydrogens (tertiary/aromatic N) is 2. The van der Waals surface area contributed by atoms with Crippen molar-refractivity contribution in [1.82, 2.24) is 15.2 Å². The molecule has 0 aliphatic rings. The van der Waals surface area contributed by atoms with Gasteiger partial charge in [-0.25, -0.2) is 0 Å². The Kier molecular flexibility index (Phi) is 4.20. The van der Waals surface area contributed by atoms with Gasteiger partial charge < -0.3 is 5.32 Å². The minimum atomic E-state index is -0.217. The maximum Gasteiger partial charge on any atom is 0.273 e. The average molecular weight is 310 g/mol. The third-order valence-corrected chi connectivity index (χ3v) is 3.85. The number of hydrogen-bond donors (Lipinski definition) is 2. The first kappa shape index (κ1) is 14.3. The predicted octanol–water partition coefficient (Wildman–Crippen LogP) is 3.45. The van der Waals surface area contributed by atoms with Crippen molar-refractivity contribution in [2.45, 2.75) is 4.90 Å². The topological polar surface area (TPSA) is 70.7 Å². The average Bonchev–Trinajstić information content (AvgIpc) is 3.06. The van der Waals surface area contributed by atoms with Crippen LogP contribution in [0.25, 0.3) is 11.3 Å². The molecule has 3 rings (SSSR count). The van der Waals surface area contributed by atoms with Crippen LogP contribution in [0.4, 0.5) is 5.69 Å². The quantitative estimate of drug-likeness (QED) is 0.724. The molecule has 0 radical (unpaired) electrons. The second kappa shape index (κ2) is 6.44. The van der Waals surface area contributed by atoms with Gasteiger partial charge in [0, 0.05) is 28.5 Å². The number of anilines is 1. The van der Waals surface area contributed by atoms with Crippen LogP contribution in [0.15, 0.2) is 59.8 Å². The molecule has 1 amide bonds.